The van der Waals surface area contributed by atoms with Gasteiger partial charge in [-0.25, -0.2) is 4.98 Å². The smallest absolute Gasteiger partial charge is 0.203 e. The van der Waals surface area contributed by atoms with Crippen LogP contribution in [0.25, 0.3) is 0 Å². The molecular weight excluding hydrogens is 226 g/mol. The molecule has 1 heterocycles. The summed E-state index contributed by atoms with van der Waals surface area (Å²) in [6.07, 6.45) is 9.14. The Morgan fingerprint density at radius 3 is 2.94 bits per heavy atom. The molecule has 4 heteroatoms. The summed E-state index contributed by atoms with van der Waals surface area (Å²) in [6, 6.07) is 0.867. The fourth-order valence-corrected chi connectivity index (χ4v) is 2.37. The molecule has 0 radical (unpaired) electrons. The van der Waals surface area contributed by atoms with Crippen LogP contribution in [-0.4, -0.2) is 29.3 Å². The van der Waals surface area contributed by atoms with Crippen molar-refractivity contribution < 1.29 is 4.74 Å². The first-order valence-electron chi connectivity index (χ1n) is 7.02. The zero-order valence-electron chi connectivity index (χ0n) is 11.7. The zero-order valence-corrected chi connectivity index (χ0v) is 11.7. The summed E-state index contributed by atoms with van der Waals surface area (Å²) in [5, 5.41) is 3.58. The van der Waals surface area contributed by atoms with Crippen molar-refractivity contribution in [2.75, 3.05) is 19.0 Å². The van der Waals surface area contributed by atoms with Crippen molar-refractivity contribution >= 4 is 5.95 Å². The van der Waals surface area contributed by atoms with Crippen LogP contribution in [0.2, 0.25) is 0 Å². The number of hydrogen-bond acceptors (Lipinski definition) is 3. The second-order valence-electron chi connectivity index (χ2n) is 5.39. The third kappa shape index (κ3) is 3.48. The van der Waals surface area contributed by atoms with Crippen LogP contribution in [0, 0.1) is 5.92 Å². The predicted octanol–water partition coefficient (Wildman–Crippen LogP) is 3.08. The molecule has 2 atom stereocenters. The molecular formula is C14H25N3O. The molecule has 1 N–H and O–H groups in total. The Morgan fingerprint density at radius 1 is 1.56 bits per heavy atom. The van der Waals surface area contributed by atoms with Crippen LogP contribution < -0.4 is 5.32 Å². The first kappa shape index (κ1) is 13.4. The Hall–Kier alpha value is -1.03. The van der Waals surface area contributed by atoms with Crippen LogP contribution in [0.3, 0.4) is 0 Å². The van der Waals surface area contributed by atoms with Gasteiger partial charge in [-0.15, -0.1) is 0 Å². The van der Waals surface area contributed by atoms with Crippen molar-refractivity contribution in [2.45, 2.75) is 51.6 Å². The molecule has 1 fully saturated rings. The van der Waals surface area contributed by atoms with Crippen LogP contribution in [0.1, 0.15) is 45.6 Å². The van der Waals surface area contributed by atoms with Gasteiger partial charge in [0.2, 0.25) is 5.95 Å². The first-order chi connectivity index (χ1) is 8.74. The third-order valence-corrected chi connectivity index (χ3v) is 3.69. The maximum Gasteiger partial charge on any atom is 0.203 e. The van der Waals surface area contributed by atoms with E-state index in [2.05, 4.69) is 28.7 Å². The number of aromatic nitrogens is 2. The van der Waals surface area contributed by atoms with Crippen molar-refractivity contribution in [2.24, 2.45) is 5.92 Å². The SMILES string of the molecule is CCC(CC1CC1)Nc1nccn1C(C)COC. The van der Waals surface area contributed by atoms with Crippen LogP contribution in [0.15, 0.2) is 12.4 Å². The molecule has 1 aliphatic carbocycles. The molecule has 0 bridgehead atoms. The predicted molar refractivity (Wildman–Crippen MR) is 73.9 cm³/mol. The summed E-state index contributed by atoms with van der Waals surface area (Å²) in [5.41, 5.74) is 0. The summed E-state index contributed by atoms with van der Waals surface area (Å²) in [7, 11) is 1.74. The molecule has 1 saturated carbocycles. The van der Waals surface area contributed by atoms with Crippen LogP contribution >= 0.6 is 0 Å². The molecule has 102 valence electrons. The van der Waals surface area contributed by atoms with Gasteiger partial charge < -0.3 is 14.6 Å². The number of nitrogens with zero attached hydrogens (tertiary/aromatic N) is 2. The molecule has 2 rings (SSSR count). The van der Waals surface area contributed by atoms with Crippen molar-refractivity contribution in [3.8, 4) is 0 Å². The van der Waals surface area contributed by atoms with E-state index < -0.39 is 0 Å². The minimum Gasteiger partial charge on any atom is -0.383 e. The molecule has 2 unspecified atom stereocenters. The average molecular weight is 251 g/mol. The van der Waals surface area contributed by atoms with Gasteiger partial charge in [-0.1, -0.05) is 19.8 Å². The average Bonchev–Trinajstić information content (AvgIpc) is 3.05. The van der Waals surface area contributed by atoms with Gasteiger partial charge in [0, 0.05) is 25.5 Å². The van der Waals surface area contributed by atoms with Gasteiger partial charge in [0.05, 0.1) is 12.6 Å². The van der Waals surface area contributed by atoms with Crippen LogP contribution in [-0.2, 0) is 4.74 Å². The van der Waals surface area contributed by atoms with E-state index in [9.17, 15) is 0 Å². The van der Waals surface area contributed by atoms with Crippen molar-refractivity contribution in [1.29, 1.82) is 0 Å². The van der Waals surface area contributed by atoms with Crippen LogP contribution in [0.5, 0.6) is 0 Å². The summed E-state index contributed by atoms with van der Waals surface area (Å²) in [6.45, 7) is 5.11. The summed E-state index contributed by atoms with van der Waals surface area (Å²) in [5.74, 6) is 1.93. The molecule has 18 heavy (non-hydrogen) atoms. The van der Waals surface area contributed by atoms with E-state index in [0.717, 1.165) is 18.3 Å². The quantitative estimate of drug-likeness (QED) is 0.771. The number of imidazole rings is 1. The largest absolute Gasteiger partial charge is 0.383 e. The van der Waals surface area contributed by atoms with E-state index in [4.69, 9.17) is 4.74 Å². The van der Waals surface area contributed by atoms with Gasteiger partial charge in [0.25, 0.3) is 0 Å². The molecule has 1 aliphatic rings. The van der Waals surface area contributed by atoms with E-state index in [0.29, 0.717) is 18.7 Å². The Morgan fingerprint density at radius 2 is 2.33 bits per heavy atom. The standard InChI is InChI=1S/C14H25N3O/c1-4-13(9-12-5-6-12)16-14-15-7-8-17(14)11(2)10-18-3/h7-8,11-13H,4-6,9-10H2,1-3H3,(H,15,16). The lowest BCUT2D eigenvalue weighted by Gasteiger charge is -2.21. The van der Waals surface area contributed by atoms with E-state index >= 15 is 0 Å². The molecule has 0 aromatic carbocycles. The molecule has 4 nitrogen and oxygen atoms in total. The number of ether oxygens (including phenoxy) is 1. The lowest BCUT2D eigenvalue weighted by molar-refractivity contribution is 0.163. The highest BCUT2D eigenvalue weighted by molar-refractivity contribution is 5.28. The fraction of sp³-hybridized carbons (Fsp3) is 0.786. The van der Waals surface area contributed by atoms with Gasteiger partial charge in [0.1, 0.15) is 0 Å². The van der Waals surface area contributed by atoms with Gasteiger partial charge >= 0.3 is 0 Å². The third-order valence-electron chi connectivity index (χ3n) is 3.69. The highest BCUT2D eigenvalue weighted by Crippen LogP contribution is 2.34. The van der Waals surface area contributed by atoms with E-state index in [1.807, 2.05) is 12.4 Å². The second kappa shape index (κ2) is 6.23. The fourth-order valence-electron chi connectivity index (χ4n) is 2.37. The van der Waals surface area contributed by atoms with Crippen molar-refractivity contribution in [3.63, 3.8) is 0 Å². The number of anilines is 1. The molecule has 1 aromatic heterocycles. The maximum absolute atomic E-state index is 5.21. The molecule has 1 aromatic rings. The van der Waals surface area contributed by atoms with E-state index in [-0.39, 0.29) is 0 Å². The minimum atomic E-state index is 0.318. The zero-order chi connectivity index (χ0) is 13.0. The second-order valence-corrected chi connectivity index (χ2v) is 5.39. The molecule has 0 saturated heterocycles. The molecule has 0 spiro atoms. The van der Waals surface area contributed by atoms with Gasteiger partial charge in [-0.2, -0.15) is 0 Å². The number of rotatable bonds is 8. The van der Waals surface area contributed by atoms with Gasteiger partial charge in [0.15, 0.2) is 0 Å². The van der Waals surface area contributed by atoms with E-state index in [1.54, 1.807) is 7.11 Å². The normalized spacial score (nSPS) is 18.6. The molecule has 0 aliphatic heterocycles. The highest BCUT2D eigenvalue weighted by Gasteiger charge is 2.25. The monoisotopic (exact) mass is 251 g/mol. The Labute approximate surface area is 110 Å². The summed E-state index contributed by atoms with van der Waals surface area (Å²) < 4.78 is 7.38. The Bertz CT molecular complexity index is 360. The van der Waals surface area contributed by atoms with Crippen molar-refractivity contribution in [3.05, 3.63) is 12.4 Å². The summed E-state index contributed by atoms with van der Waals surface area (Å²) >= 11 is 0. The number of hydrogen-bond donors (Lipinski definition) is 1. The van der Waals surface area contributed by atoms with Gasteiger partial charge in [-0.3, -0.25) is 0 Å². The van der Waals surface area contributed by atoms with Crippen LogP contribution in [0.4, 0.5) is 5.95 Å². The number of nitrogens with one attached hydrogen (secondary N) is 1. The Kier molecular flexibility index (Phi) is 4.64. The Balaban J connectivity index is 1.96. The summed E-state index contributed by atoms with van der Waals surface area (Å²) in [4.78, 5) is 4.43. The minimum absolute atomic E-state index is 0.318. The maximum atomic E-state index is 5.21. The van der Waals surface area contributed by atoms with Gasteiger partial charge in [-0.05, 0) is 25.7 Å². The molecule has 0 amide bonds. The van der Waals surface area contributed by atoms with E-state index in [1.165, 1.54) is 19.3 Å². The first-order valence-corrected chi connectivity index (χ1v) is 7.02. The number of methoxy groups -OCH3 is 1. The highest BCUT2D eigenvalue weighted by atomic mass is 16.5. The topological polar surface area (TPSA) is 39.1 Å². The lowest BCUT2D eigenvalue weighted by atomic mass is 10.1. The lowest BCUT2D eigenvalue weighted by Crippen LogP contribution is -2.23. The van der Waals surface area contributed by atoms with Crippen molar-refractivity contribution in [1.82, 2.24) is 9.55 Å².